The first-order valence-electron chi connectivity index (χ1n) is 6.10. The fourth-order valence-corrected chi connectivity index (χ4v) is 1.49. The number of methoxy groups -OCH3 is 1. The van der Waals surface area contributed by atoms with Crippen LogP contribution in [0.5, 0.6) is 0 Å². The van der Waals surface area contributed by atoms with Crippen LogP contribution < -0.4 is 0 Å². The topological polar surface area (TPSA) is 87.2 Å². The third-order valence-corrected chi connectivity index (χ3v) is 2.60. The molecule has 0 saturated heterocycles. The van der Waals surface area contributed by atoms with Gasteiger partial charge in [0.25, 0.3) is 0 Å². The molecule has 0 unspecified atom stereocenters. The Labute approximate surface area is 113 Å². The second-order valence-corrected chi connectivity index (χ2v) is 4.50. The van der Waals surface area contributed by atoms with Crippen molar-refractivity contribution in [2.45, 2.75) is 32.7 Å². The normalized spacial score (nSPS) is 10.2. The van der Waals surface area contributed by atoms with E-state index in [1.165, 1.54) is 16.9 Å². The lowest BCUT2D eigenvalue weighted by atomic mass is 10.3. The highest BCUT2D eigenvalue weighted by Crippen LogP contribution is 2.05. The van der Waals surface area contributed by atoms with Crippen molar-refractivity contribution in [3.63, 3.8) is 0 Å². The monoisotopic (exact) mass is 274 g/mol. The number of ether oxygens (including phenoxy) is 1. The minimum atomic E-state index is -1.05. The number of hydrogen-bond acceptors (Lipinski definition) is 4. The van der Waals surface area contributed by atoms with Crippen LogP contribution in [0.1, 0.15) is 26.7 Å². The average molecular weight is 274 g/mol. The van der Waals surface area contributed by atoms with Crippen molar-refractivity contribution in [1.29, 1.82) is 0 Å². The first-order chi connectivity index (χ1) is 8.79. The highest BCUT2D eigenvalue weighted by atomic mass is 16.5. The predicted octanol–water partition coefficient (Wildman–Crippen LogP) is 0.786. The Bertz CT molecular complexity index is 330. The number of nitrogens with zero attached hydrogens (tertiary/aromatic N) is 2. The molecule has 0 heterocycles. The van der Waals surface area contributed by atoms with Gasteiger partial charge in [-0.3, -0.25) is 9.59 Å². The second-order valence-electron chi connectivity index (χ2n) is 4.50. The zero-order chi connectivity index (χ0) is 15.0. The Hall–Kier alpha value is -1.79. The number of rotatable bonds is 7. The minimum Gasteiger partial charge on any atom is -0.480 e. The van der Waals surface area contributed by atoms with E-state index in [1.807, 2.05) is 0 Å². The Morgan fingerprint density at radius 2 is 1.84 bits per heavy atom. The molecule has 0 radical (unpaired) electrons. The number of carboxylic acid groups (broad SMARTS) is 1. The molecule has 0 bridgehead atoms. The molecule has 19 heavy (non-hydrogen) atoms. The molecule has 0 saturated carbocycles. The molecule has 1 N–H and O–H groups in total. The van der Waals surface area contributed by atoms with E-state index in [1.54, 1.807) is 20.9 Å². The number of carboxylic acids is 1. The summed E-state index contributed by atoms with van der Waals surface area (Å²) in [7, 11) is 2.89. The minimum absolute atomic E-state index is 0.202. The van der Waals surface area contributed by atoms with E-state index in [4.69, 9.17) is 5.11 Å². The summed E-state index contributed by atoms with van der Waals surface area (Å²) in [6, 6.07) is -0.561. The first kappa shape index (κ1) is 17.2. The summed E-state index contributed by atoms with van der Waals surface area (Å²) in [5, 5.41) is 8.77. The van der Waals surface area contributed by atoms with Crippen LogP contribution in [0.15, 0.2) is 0 Å². The summed E-state index contributed by atoms with van der Waals surface area (Å²) in [4.78, 5) is 36.4. The van der Waals surface area contributed by atoms with Gasteiger partial charge in [0.1, 0.15) is 6.54 Å². The number of hydrogen-bond donors (Lipinski definition) is 1. The van der Waals surface area contributed by atoms with Crippen LogP contribution in [-0.4, -0.2) is 66.2 Å². The number of carbonyl (C=O) groups excluding carboxylic acids is 2. The van der Waals surface area contributed by atoms with Gasteiger partial charge in [-0.15, -0.1) is 0 Å². The smallest absolute Gasteiger partial charge is 0.323 e. The molecule has 0 aromatic rings. The summed E-state index contributed by atoms with van der Waals surface area (Å²) in [5.41, 5.74) is 0. The molecule has 0 fully saturated rings. The van der Waals surface area contributed by atoms with Crippen molar-refractivity contribution in [1.82, 2.24) is 9.80 Å². The van der Waals surface area contributed by atoms with E-state index >= 15 is 0 Å². The van der Waals surface area contributed by atoms with Crippen LogP contribution in [0, 0.1) is 0 Å². The third kappa shape index (κ3) is 6.64. The molecular formula is C12H22N2O5. The van der Waals surface area contributed by atoms with E-state index < -0.39 is 5.97 Å². The van der Waals surface area contributed by atoms with Crippen LogP contribution in [-0.2, 0) is 14.3 Å². The Morgan fingerprint density at radius 3 is 2.26 bits per heavy atom. The van der Waals surface area contributed by atoms with Gasteiger partial charge in [-0.2, -0.15) is 0 Å². The van der Waals surface area contributed by atoms with E-state index in [9.17, 15) is 14.4 Å². The maximum absolute atomic E-state index is 12.0. The first-order valence-corrected chi connectivity index (χ1v) is 6.10. The van der Waals surface area contributed by atoms with Gasteiger partial charge in [-0.25, -0.2) is 4.79 Å². The molecule has 0 aromatic carbocycles. The van der Waals surface area contributed by atoms with Gasteiger partial charge >= 0.3 is 18.0 Å². The predicted molar refractivity (Wildman–Crippen MR) is 68.8 cm³/mol. The van der Waals surface area contributed by atoms with E-state index in [2.05, 4.69) is 4.74 Å². The van der Waals surface area contributed by atoms with Gasteiger partial charge in [-0.1, -0.05) is 0 Å². The van der Waals surface area contributed by atoms with E-state index in [0.29, 0.717) is 13.0 Å². The molecule has 0 aliphatic rings. The van der Waals surface area contributed by atoms with Crippen LogP contribution >= 0.6 is 0 Å². The molecule has 7 nitrogen and oxygen atoms in total. The van der Waals surface area contributed by atoms with E-state index in [0.717, 1.165) is 0 Å². The van der Waals surface area contributed by atoms with Crippen LogP contribution in [0.4, 0.5) is 4.79 Å². The summed E-state index contributed by atoms with van der Waals surface area (Å²) < 4.78 is 4.50. The van der Waals surface area contributed by atoms with E-state index in [-0.39, 0.29) is 31.0 Å². The number of esters is 1. The standard InChI is InChI=1S/C12H22N2O5/c1-9(2)14(8-10(15)16)12(18)13(3)7-5-6-11(17)19-4/h9H,5-8H2,1-4H3,(H,15,16). The SMILES string of the molecule is COC(=O)CCCN(C)C(=O)N(CC(=O)O)C(C)C. The maximum atomic E-state index is 12.0. The molecule has 0 aliphatic heterocycles. The quantitative estimate of drug-likeness (QED) is 0.693. The molecule has 0 rings (SSSR count). The van der Waals surface area contributed by atoms with Crippen LogP contribution in [0.3, 0.4) is 0 Å². The highest BCUT2D eigenvalue weighted by Gasteiger charge is 2.22. The number of urea groups is 1. The number of aliphatic carboxylic acids is 1. The van der Waals surface area contributed by atoms with Crippen molar-refractivity contribution in [3.8, 4) is 0 Å². The van der Waals surface area contributed by atoms with Gasteiger partial charge in [0.15, 0.2) is 0 Å². The lowest BCUT2D eigenvalue weighted by Gasteiger charge is -2.29. The fraction of sp³-hybridized carbons (Fsp3) is 0.750. The van der Waals surface area contributed by atoms with Crippen LogP contribution in [0.2, 0.25) is 0 Å². The second kappa shape index (κ2) is 8.34. The van der Waals surface area contributed by atoms with Gasteiger partial charge in [0, 0.05) is 26.1 Å². The zero-order valence-electron chi connectivity index (χ0n) is 11.9. The number of amides is 2. The van der Waals surface area contributed by atoms with Crippen LogP contribution in [0.25, 0.3) is 0 Å². The van der Waals surface area contributed by atoms with Crippen molar-refractivity contribution in [2.75, 3.05) is 27.2 Å². The molecule has 0 aliphatic carbocycles. The molecular weight excluding hydrogens is 252 g/mol. The zero-order valence-corrected chi connectivity index (χ0v) is 11.9. The molecule has 0 spiro atoms. The average Bonchev–Trinajstić information content (AvgIpc) is 2.34. The van der Waals surface area contributed by atoms with Crippen molar-refractivity contribution < 1.29 is 24.2 Å². The molecule has 7 heteroatoms. The molecule has 0 atom stereocenters. The molecule has 0 aromatic heterocycles. The fourth-order valence-electron chi connectivity index (χ4n) is 1.49. The molecule has 2 amide bonds. The summed E-state index contributed by atoms with van der Waals surface area (Å²) in [6.07, 6.45) is 0.711. The third-order valence-electron chi connectivity index (χ3n) is 2.60. The van der Waals surface area contributed by atoms with Crippen molar-refractivity contribution in [2.24, 2.45) is 0 Å². The largest absolute Gasteiger partial charge is 0.480 e. The summed E-state index contributed by atoms with van der Waals surface area (Å²) in [5.74, 6) is -1.38. The summed E-state index contributed by atoms with van der Waals surface area (Å²) in [6.45, 7) is 3.54. The van der Waals surface area contributed by atoms with Crippen molar-refractivity contribution in [3.05, 3.63) is 0 Å². The number of carbonyl (C=O) groups is 3. The Kier molecular flexibility index (Phi) is 7.55. The van der Waals surface area contributed by atoms with Gasteiger partial charge < -0.3 is 19.6 Å². The Morgan fingerprint density at radius 1 is 1.26 bits per heavy atom. The lowest BCUT2D eigenvalue weighted by molar-refractivity contribution is -0.140. The lowest BCUT2D eigenvalue weighted by Crippen LogP contribution is -2.47. The summed E-state index contributed by atoms with van der Waals surface area (Å²) >= 11 is 0. The molecule has 110 valence electrons. The Balaban J connectivity index is 4.34. The van der Waals surface area contributed by atoms with Gasteiger partial charge in [-0.05, 0) is 20.3 Å². The highest BCUT2D eigenvalue weighted by molar-refractivity contribution is 5.80. The van der Waals surface area contributed by atoms with Crippen molar-refractivity contribution >= 4 is 18.0 Å². The van der Waals surface area contributed by atoms with Gasteiger partial charge in [0.2, 0.25) is 0 Å². The van der Waals surface area contributed by atoms with Gasteiger partial charge in [0.05, 0.1) is 7.11 Å². The maximum Gasteiger partial charge on any atom is 0.323 e.